The summed E-state index contributed by atoms with van der Waals surface area (Å²) >= 11 is 0. The van der Waals surface area contributed by atoms with E-state index in [0.29, 0.717) is 6.42 Å². The molecule has 3 N–H and O–H groups in total. The summed E-state index contributed by atoms with van der Waals surface area (Å²) in [5.74, 6) is -1.17. The van der Waals surface area contributed by atoms with E-state index < -0.39 is 29.8 Å². The van der Waals surface area contributed by atoms with Crippen LogP contribution >= 0.6 is 0 Å². The molecule has 0 saturated carbocycles. The maximum Gasteiger partial charge on any atom is 0.408 e. The monoisotopic (exact) mass is 316 g/mol. The average molecular weight is 316 g/mol. The fourth-order valence-electron chi connectivity index (χ4n) is 1.39. The zero-order valence-electron chi connectivity index (χ0n) is 13.2. The fourth-order valence-corrected chi connectivity index (χ4v) is 1.39. The lowest BCUT2D eigenvalue weighted by atomic mass is 10.1. The molecule has 0 spiro atoms. The van der Waals surface area contributed by atoms with Gasteiger partial charge in [-0.1, -0.05) is 12.7 Å². The predicted molar refractivity (Wildman–Crippen MR) is 79.6 cm³/mol. The van der Waals surface area contributed by atoms with E-state index in [1.54, 1.807) is 20.8 Å². The first-order valence-electron chi connectivity index (χ1n) is 6.89. The maximum absolute atomic E-state index is 11.5. The molecule has 8 nitrogen and oxygen atoms in total. The molecule has 0 heterocycles. The minimum Gasteiger partial charge on any atom is -0.480 e. The lowest BCUT2D eigenvalue weighted by Gasteiger charge is -2.22. The minimum atomic E-state index is -1.17. The summed E-state index contributed by atoms with van der Waals surface area (Å²) in [4.78, 5) is 33.7. The highest BCUT2D eigenvalue weighted by Crippen LogP contribution is 2.07. The van der Waals surface area contributed by atoms with Crippen molar-refractivity contribution in [2.75, 3.05) is 13.2 Å². The molecule has 0 bridgehead atoms. The molecule has 0 aliphatic heterocycles. The highest BCUT2D eigenvalue weighted by Gasteiger charge is 2.23. The Morgan fingerprint density at radius 2 is 1.91 bits per heavy atom. The molecule has 0 radical (unpaired) electrons. The quantitative estimate of drug-likeness (QED) is 0.463. The summed E-state index contributed by atoms with van der Waals surface area (Å²) in [6.45, 7) is 8.78. The molecule has 0 aromatic heterocycles. The van der Waals surface area contributed by atoms with Gasteiger partial charge in [-0.2, -0.15) is 0 Å². The number of carboxylic acids is 1. The first kappa shape index (κ1) is 19.8. The SMILES string of the molecule is C=CCOC(=O)NCCC[C@@H](NC(=O)OC(C)(C)C)C(=O)O. The first-order chi connectivity index (χ1) is 10.2. The molecule has 0 saturated heterocycles. The van der Waals surface area contributed by atoms with Gasteiger partial charge >= 0.3 is 18.2 Å². The van der Waals surface area contributed by atoms with Crippen molar-refractivity contribution in [2.45, 2.75) is 45.3 Å². The maximum atomic E-state index is 11.5. The molecule has 0 rings (SSSR count). The van der Waals surface area contributed by atoms with E-state index >= 15 is 0 Å². The second-order valence-corrected chi connectivity index (χ2v) is 5.49. The lowest BCUT2D eigenvalue weighted by molar-refractivity contribution is -0.139. The first-order valence-corrected chi connectivity index (χ1v) is 6.89. The molecule has 0 aliphatic rings. The Kier molecular flexibility index (Phi) is 8.66. The summed E-state index contributed by atoms with van der Waals surface area (Å²) < 4.78 is 9.69. The standard InChI is InChI=1S/C14H24N2O6/c1-5-9-21-12(19)15-8-6-7-10(11(17)18)16-13(20)22-14(2,3)4/h5,10H,1,6-9H2,2-4H3,(H,15,19)(H,16,20)(H,17,18)/t10-/m1/s1. The van der Waals surface area contributed by atoms with Crippen molar-refractivity contribution in [3.63, 3.8) is 0 Å². The van der Waals surface area contributed by atoms with Crippen LogP contribution in [0.3, 0.4) is 0 Å². The third-order valence-corrected chi connectivity index (χ3v) is 2.26. The Morgan fingerprint density at radius 3 is 2.41 bits per heavy atom. The molecule has 126 valence electrons. The van der Waals surface area contributed by atoms with Crippen LogP contribution < -0.4 is 10.6 Å². The third-order valence-electron chi connectivity index (χ3n) is 2.26. The fraction of sp³-hybridized carbons (Fsp3) is 0.643. The minimum absolute atomic E-state index is 0.101. The van der Waals surface area contributed by atoms with E-state index in [9.17, 15) is 14.4 Å². The zero-order valence-corrected chi connectivity index (χ0v) is 13.2. The van der Waals surface area contributed by atoms with E-state index in [-0.39, 0.29) is 19.6 Å². The number of amides is 2. The van der Waals surface area contributed by atoms with Crippen LogP contribution in [0, 0.1) is 0 Å². The Hall–Kier alpha value is -2.25. The van der Waals surface area contributed by atoms with Crippen molar-refractivity contribution in [2.24, 2.45) is 0 Å². The number of hydrogen-bond donors (Lipinski definition) is 3. The van der Waals surface area contributed by atoms with Crippen molar-refractivity contribution in [3.05, 3.63) is 12.7 Å². The average Bonchev–Trinajstić information content (AvgIpc) is 2.37. The number of carbonyl (C=O) groups excluding carboxylic acids is 2. The number of hydrogen-bond acceptors (Lipinski definition) is 5. The summed E-state index contributed by atoms with van der Waals surface area (Å²) in [6.07, 6.45) is 0.543. The number of ether oxygens (including phenoxy) is 2. The van der Waals surface area contributed by atoms with Gasteiger partial charge in [-0.3, -0.25) is 0 Å². The highest BCUT2D eigenvalue weighted by molar-refractivity contribution is 5.79. The van der Waals surface area contributed by atoms with Gasteiger partial charge in [-0.05, 0) is 33.6 Å². The lowest BCUT2D eigenvalue weighted by Crippen LogP contribution is -2.43. The number of aliphatic carboxylic acids is 1. The van der Waals surface area contributed by atoms with Crippen LogP contribution in [0.25, 0.3) is 0 Å². The van der Waals surface area contributed by atoms with Crippen LogP contribution in [-0.4, -0.2) is 48.1 Å². The van der Waals surface area contributed by atoms with E-state index in [1.165, 1.54) is 6.08 Å². The highest BCUT2D eigenvalue weighted by atomic mass is 16.6. The van der Waals surface area contributed by atoms with Crippen molar-refractivity contribution in [1.29, 1.82) is 0 Å². The molecule has 22 heavy (non-hydrogen) atoms. The topological polar surface area (TPSA) is 114 Å². The van der Waals surface area contributed by atoms with E-state index in [0.717, 1.165) is 0 Å². The van der Waals surface area contributed by atoms with Gasteiger partial charge in [-0.25, -0.2) is 14.4 Å². The molecular weight excluding hydrogens is 292 g/mol. The van der Waals surface area contributed by atoms with Crippen LogP contribution in [0.4, 0.5) is 9.59 Å². The van der Waals surface area contributed by atoms with Crippen molar-refractivity contribution >= 4 is 18.2 Å². The van der Waals surface area contributed by atoms with Gasteiger partial charge in [0.25, 0.3) is 0 Å². The van der Waals surface area contributed by atoms with Crippen molar-refractivity contribution in [3.8, 4) is 0 Å². The Bertz CT molecular complexity index is 403. The summed E-state index contributed by atoms with van der Waals surface area (Å²) in [5, 5.41) is 13.8. The van der Waals surface area contributed by atoms with Crippen LogP contribution in [0.15, 0.2) is 12.7 Å². The van der Waals surface area contributed by atoms with Crippen LogP contribution in [0.1, 0.15) is 33.6 Å². The molecule has 0 aromatic rings. The molecule has 2 amide bonds. The van der Waals surface area contributed by atoms with Gasteiger partial charge < -0.3 is 25.2 Å². The number of alkyl carbamates (subject to hydrolysis) is 2. The van der Waals surface area contributed by atoms with E-state index in [1.807, 2.05) is 0 Å². The zero-order chi connectivity index (χ0) is 17.2. The molecule has 0 aromatic carbocycles. The second kappa shape index (κ2) is 9.64. The summed E-state index contributed by atoms with van der Waals surface area (Å²) in [7, 11) is 0. The van der Waals surface area contributed by atoms with E-state index in [4.69, 9.17) is 14.6 Å². The van der Waals surface area contributed by atoms with Crippen LogP contribution in [-0.2, 0) is 14.3 Å². The number of carboxylic acid groups (broad SMARTS) is 1. The molecular formula is C14H24N2O6. The molecule has 0 aliphatic carbocycles. The second-order valence-electron chi connectivity index (χ2n) is 5.49. The summed E-state index contributed by atoms with van der Waals surface area (Å²) in [5.41, 5.74) is -0.705. The number of rotatable bonds is 8. The normalized spacial score (nSPS) is 12.0. The largest absolute Gasteiger partial charge is 0.480 e. The molecule has 1 atom stereocenters. The molecule has 0 fully saturated rings. The van der Waals surface area contributed by atoms with E-state index in [2.05, 4.69) is 17.2 Å². The molecule has 8 heteroatoms. The smallest absolute Gasteiger partial charge is 0.408 e. The predicted octanol–water partition coefficient (Wildman–Crippen LogP) is 1.66. The van der Waals surface area contributed by atoms with Crippen LogP contribution in [0.5, 0.6) is 0 Å². The van der Waals surface area contributed by atoms with Gasteiger partial charge in [0, 0.05) is 6.54 Å². The van der Waals surface area contributed by atoms with Gasteiger partial charge in [0.1, 0.15) is 18.2 Å². The number of nitrogens with one attached hydrogen (secondary N) is 2. The Morgan fingerprint density at radius 1 is 1.27 bits per heavy atom. The van der Waals surface area contributed by atoms with Crippen LogP contribution in [0.2, 0.25) is 0 Å². The summed E-state index contributed by atoms with van der Waals surface area (Å²) in [6, 6.07) is -1.08. The Balaban J connectivity index is 4.10. The number of carbonyl (C=O) groups is 3. The van der Waals surface area contributed by atoms with Gasteiger partial charge in [0.15, 0.2) is 0 Å². The van der Waals surface area contributed by atoms with Gasteiger partial charge in [0.2, 0.25) is 0 Å². The third kappa shape index (κ3) is 10.5. The van der Waals surface area contributed by atoms with Gasteiger partial charge in [-0.15, -0.1) is 0 Å². The molecule has 0 unspecified atom stereocenters. The van der Waals surface area contributed by atoms with Crippen molar-refractivity contribution < 1.29 is 29.0 Å². The van der Waals surface area contributed by atoms with Crippen molar-refractivity contribution in [1.82, 2.24) is 10.6 Å². The Labute approximate surface area is 129 Å². The van der Waals surface area contributed by atoms with Gasteiger partial charge in [0.05, 0.1) is 0 Å².